The molecule has 0 N–H and O–H groups in total. The van der Waals surface area contributed by atoms with Gasteiger partial charge in [-0.05, 0) is 30.7 Å². The van der Waals surface area contributed by atoms with Gasteiger partial charge in [0.25, 0.3) is 0 Å². The summed E-state index contributed by atoms with van der Waals surface area (Å²) in [5, 5.41) is 0.398. The van der Waals surface area contributed by atoms with Gasteiger partial charge >= 0.3 is 0 Å². The van der Waals surface area contributed by atoms with Gasteiger partial charge in [0.15, 0.2) is 6.29 Å². The molecule has 2 aromatic heterocycles. The maximum atomic E-state index is 11.2. The number of rotatable bonds is 2. The molecule has 3 nitrogen and oxygen atoms in total. The van der Waals surface area contributed by atoms with Crippen LogP contribution in [-0.2, 0) is 0 Å². The summed E-state index contributed by atoms with van der Waals surface area (Å²) in [5.74, 6) is 0. The van der Waals surface area contributed by atoms with Crippen LogP contribution >= 0.6 is 11.6 Å². The normalized spacial score (nSPS) is 10.8. The topological polar surface area (TPSA) is 34.9 Å². The predicted molar refractivity (Wildman–Crippen MR) is 76.2 cm³/mol. The Hall–Kier alpha value is -2.13. The van der Waals surface area contributed by atoms with E-state index in [9.17, 15) is 4.79 Å². The highest BCUT2D eigenvalue weighted by molar-refractivity contribution is 6.34. The Morgan fingerprint density at radius 3 is 2.68 bits per heavy atom. The second kappa shape index (κ2) is 4.52. The Bertz CT molecular complexity index is 763. The predicted octanol–water partition coefficient (Wildman–Crippen LogP) is 3.80. The van der Waals surface area contributed by atoms with Crippen molar-refractivity contribution >= 4 is 28.9 Å². The van der Waals surface area contributed by atoms with Crippen LogP contribution in [0.4, 0.5) is 0 Å². The number of nitrogens with zero attached hydrogens (tertiary/aromatic N) is 2. The van der Waals surface area contributed by atoms with Gasteiger partial charge < -0.3 is 0 Å². The molecule has 94 valence electrons. The molecule has 0 bridgehead atoms. The van der Waals surface area contributed by atoms with E-state index in [2.05, 4.69) is 4.98 Å². The van der Waals surface area contributed by atoms with E-state index < -0.39 is 0 Å². The van der Waals surface area contributed by atoms with Crippen molar-refractivity contribution < 1.29 is 4.79 Å². The van der Waals surface area contributed by atoms with Crippen LogP contribution in [0.5, 0.6) is 0 Å². The lowest BCUT2D eigenvalue weighted by Crippen LogP contribution is -1.94. The first kappa shape index (κ1) is 11.9. The molecular weight excluding hydrogens is 260 g/mol. The van der Waals surface area contributed by atoms with E-state index in [1.54, 1.807) is 6.20 Å². The Balaban J connectivity index is 2.44. The monoisotopic (exact) mass is 270 g/mol. The minimum Gasteiger partial charge on any atom is -0.298 e. The van der Waals surface area contributed by atoms with Gasteiger partial charge in [0, 0.05) is 11.9 Å². The zero-order chi connectivity index (χ0) is 13.4. The highest BCUT2D eigenvalue weighted by Crippen LogP contribution is 2.31. The van der Waals surface area contributed by atoms with Crippen LogP contribution in [0, 0.1) is 6.92 Å². The molecule has 0 fully saturated rings. The first-order chi connectivity index (χ1) is 9.22. The van der Waals surface area contributed by atoms with Crippen LogP contribution in [0.2, 0.25) is 5.15 Å². The fourth-order valence-corrected chi connectivity index (χ4v) is 2.51. The highest BCUT2D eigenvalue weighted by Gasteiger charge is 2.17. The van der Waals surface area contributed by atoms with Crippen molar-refractivity contribution in [1.82, 2.24) is 9.55 Å². The number of hydrogen-bond donors (Lipinski definition) is 0. The minimum absolute atomic E-state index is 0.398. The van der Waals surface area contributed by atoms with Crippen molar-refractivity contribution in [2.75, 3.05) is 0 Å². The van der Waals surface area contributed by atoms with Crippen molar-refractivity contribution in [3.8, 4) is 5.69 Å². The summed E-state index contributed by atoms with van der Waals surface area (Å²) in [6.07, 6.45) is 2.49. The van der Waals surface area contributed by atoms with E-state index in [0.29, 0.717) is 16.2 Å². The fourth-order valence-electron chi connectivity index (χ4n) is 2.19. The molecule has 0 saturated carbocycles. The third-order valence-electron chi connectivity index (χ3n) is 3.05. The molecule has 0 amide bonds. The van der Waals surface area contributed by atoms with E-state index in [-0.39, 0.29) is 0 Å². The standard InChI is InChI=1S/C15H11ClN2O/c1-10-7-13-14(17-8-10)12(9-19)15(16)18(13)11-5-3-2-4-6-11/h2-9H,1H3. The first-order valence-electron chi connectivity index (χ1n) is 5.89. The van der Waals surface area contributed by atoms with Gasteiger partial charge in [-0.2, -0.15) is 0 Å². The number of para-hydroxylation sites is 1. The largest absolute Gasteiger partial charge is 0.298 e. The maximum Gasteiger partial charge on any atom is 0.155 e. The first-order valence-corrected chi connectivity index (χ1v) is 6.27. The summed E-state index contributed by atoms with van der Waals surface area (Å²) < 4.78 is 1.85. The zero-order valence-corrected chi connectivity index (χ0v) is 11.1. The third kappa shape index (κ3) is 1.83. The lowest BCUT2D eigenvalue weighted by molar-refractivity contribution is 0.112. The second-order valence-corrected chi connectivity index (χ2v) is 4.73. The maximum absolute atomic E-state index is 11.2. The Morgan fingerprint density at radius 2 is 2.00 bits per heavy atom. The second-order valence-electron chi connectivity index (χ2n) is 4.37. The highest BCUT2D eigenvalue weighted by atomic mass is 35.5. The van der Waals surface area contributed by atoms with Crippen LogP contribution in [0.25, 0.3) is 16.7 Å². The lowest BCUT2D eigenvalue weighted by atomic mass is 10.2. The number of benzene rings is 1. The smallest absolute Gasteiger partial charge is 0.155 e. The quantitative estimate of drug-likeness (QED) is 0.664. The molecule has 4 heteroatoms. The SMILES string of the molecule is Cc1cnc2c(C=O)c(Cl)n(-c3ccccc3)c2c1. The van der Waals surface area contributed by atoms with Gasteiger partial charge in [-0.15, -0.1) is 0 Å². The molecule has 19 heavy (non-hydrogen) atoms. The van der Waals surface area contributed by atoms with E-state index in [1.165, 1.54) is 0 Å². The Kier molecular flexibility index (Phi) is 2.84. The number of carbonyl (C=O) groups is 1. The van der Waals surface area contributed by atoms with Gasteiger partial charge in [0.2, 0.25) is 0 Å². The number of carbonyl (C=O) groups excluding carboxylic acids is 1. The average Bonchev–Trinajstić information content (AvgIpc) is 2.70. The van der Waals surface area contributed by atoms with Gasteiger partial charge in [-0.3, -0.25) is 14.3 Å². The molecule has 3 aromatic rings. The zero-order valence-electron chi connectivity index (χ0n) is 10.3. The molecule has 0 aliphatic heterocycles. The van der Waals surface area contributed by atoms with Crippen LogP contribution in [0.3, 0.4) is 0 Å². The number of pyridine rings is 1. The van der Waals surface area contributed by atoms with Crippen molar-refractivity contribution in [3.63, 3.8) is 0 Å². The molecule has 0 saturated heterocycles. The molecule has 0 aliphatic rings. The van der Waals surface area contributed by atoms with E-state index in [1.807, 2.05) is 47.9 Å². The summed E-state index contributed by atoms with van der Waals surface area (Å²) in [6.45, 7) is 1.96. The number of aromatic nitrogens is 2. The lowest BCUT2D eigenvalue weighted by Gasteiger charge is -2.06. The molecule has 3 rings (SSSR count). The summed E-state index contributed by atoms with van der Waals surface area (Å²) >= 11 is 6.33. The molecule has 0 atom stereocenters. The summed E-state index contributed by atoms with van der Waals surface area (Å²) in [6, 6.07) is 11.7. The van der Waals surface area contributed by atoms with Crippen LogP contribution in [-0.4, -0.2) is 15.8 Å². The molecule has 0 spiro atoms. The molecular formula is C15H11ClN2O. The average molecular weight is 271 g/mol. The summed E-state index contributed by atoms with van der Waals surface area (Å²) in [4.78, 5) is 15.6. The molecule has 0 unspecified atom stereocenters. The number of aldehydes is 1. The third-order valence-corrected chi connectivity index (χ3v) is 3.42. The molecule has 2 heterocycles. The summed E-state index contributed by atoms with van der Waals surface area (Å²) in [7, 11) is 0. The molecule has 1 aromatic carbocycles. The van der Waals surface area contributed by atoms with Gasteiger partial charge in [0.1, 0.15) is 10.7 Å². The number of hydrogen-bond acceptors (Lipinski definition) is 2. The number of fused-ring (bicyclic) bond motifs is 1. The van der Waals surface area contributed by atoms with E-state index >= 15 is 0 Å². The van der Waals surface area contributed by atoms with Crippen molar-refractivity contribution in [2.24, 2.45) is 0 Å². The van der Waals surface area contributed by atoms with Crippen molar-refractivity contribution in [1.29, 1.82) is 0 Å². The van der Waals surface area contributed by atoms with Gasteiger partial charge in [-0.1, -0.05) is 29.8 Å². The van der Waals surface area contributed by atoms with Crippen molar-refractivity contribution in [3.05, 3.63) is 58.9 Å². The van der Waals surface area contributed by atoms with E-state index in [4.69, 9.17) is 11.6 Å². The van der Waals surface area contributed by atoms with Crippen molar-refractivity contribution in [2.45, 2.75) is 6.92 Å². The minimum atomic E-state index is 0.398. The summed E-state index contributed by atoms with van der Waals surface area (Å²) in [5.41, 5.74) is 3.85. The van der Waals surface area contributed by atoms with Gasteiger partial charge in [0.05, 0.1) is 11.1 Å². The van der Waals surface area contributed by atoms with Gasteiger partial charge in [-0.25, -0.2) is 0 Å². The molecule has 0 aliphatic carbocycles. The van der Waals surface area contributed by atoms with Crippen LogP contribution in [0.1, 0.15) is 15.9 Å². The van der Waals surface area contributed by atoms with Crippen LogP contribution in [0.15, 0.2) is 42.6 Å². The number of halogens is 1. The Morgan fingerprint density at radius 1 is 1.26 bits per heavy atom. The van der Waals surface area contributed by atoms with Crippen LogP contribution < -0.4 is 0 Å². The Labute approximate surface area is 115 Å². The van der Waals surface area contributed by atoms with E-state index in [0.717, 1.165) is 23.1 Å². The molecule has 0 radical (unpaired) electrons. The fraction of sp³-hybridized carbons (Fsp3) is 0.0667. The number of aryl methyl sites for hydroxylation is 1.